The van der Waals surface area contributed by atoms with Crippen molar-refractivity contribution in [2.45, 2.75) is 0 Å². The molecule has 0 N–H and O–H groups in total. The molecule has 0 heterocycles. The molecule has 0 saturated carbocycles. The second-order valence-corrected chi connectivity index (χ2v) is 4.73. The van der Waals surface area contributed by atoms with Crippen molar-refractivity contribution in [2.75, 3.05) is 78.8 Å². The first-order valence-corrected chi connectivity index (χ1v) is 7.41. The molecule has 5 nitrogen and oxygen atoms in total. The van der Waals surface area contributed by atoms with Gasteiger partial charge < -0.3 is 23.8 Å². The summed E-state index contributed by atoms with van der Waals surface area (Å²) in [5.41, 5.74) is 0. The topological polar surface area (TPSA) is 40.2 Å². The third kappa shape index (κ3) is 16.3. The zero-order valence-electron chi connectivity index (χ0n) is 11.5. The molecule has 0 aliphatic rings. The third-order valence-electron chi connectivity index (χ3n) is 2.02. The first-order valence-electron chi connectivity index (χ1n) is 6.29. The van der Waals surface area contributed by atoms with E-state index < -0.39 is 0 Å². The van der Waals surface area contributed by atoms with Gasteiger partial charge in [-0.15, -0.1) is 0 Å². The van der Waals surface area contributed by atoms with Crippen molar-refractivity contribution in [3.8, 4) is 0 Å². The summed E-state index contributed by atoms with van der Waals surface area (Å²) in [6.07, 6.45) is 0. The highest BCUT2D eigenvalue weighted by Gasteiger charge is 1.93. The van der Waals surface area contributed by atoms with Gasteiger partial charge in [0.05, 0.1) is 52.9 Å². The van der Waals surface area contributed by atoms with Gasteiger partial charge in [0.2, 0.25) is 0 Å². The summed E-state index contributed by atoms with van der Waals surface area (Å²) in [7, 11) is 4.05. The predicted octanol–water partition coefficient (Wildman–Crippen LogP) is 1.01. The summed E-state index contributed by atoms with van der Waals surface area (Å²) in [5.74, 6) is 0. The lowest BCUT2D eigenvalue weighted by Gasteiger charge is -2.10. The SMILES string of the molecule is CN(C)CCOCCOCCOCCOCCBr. The first kappa shape index (κ1) is 18.3. The van der Waals surface area contributed by atoms with Crippen molar-refractivity contribution in [1.82, 2.24) is 4.90 Å². The van der Waals surface area contributed by atoms with Crippen molar-refractivity contribution in [3.63, 3.8) is 0 Å². The monoisotopic (exact) mass is 327 g/mol. The zero-order chi connectivity index (χ0) is 13.5. The van der Waals surface area contributed by atoms with Gasteiger partial charge in [0.15, 0.2) is 0 Å². The van der Waals surface area contributed by atoms with Gasteiger partial charge in [0.25, 0.3) is 0 Å². The number of hydrogen-bond donors (Lipinski definition) is 0. The highest BCUT2D eigenvalue weighted by Crippen LogP contribution is 1.85. The molecule has 0 radical (unpaired) electrons. The first-order chi connectivity index (χ1) is 8.77. The minimum atomic E-state index is 0.607. The van der Waals surface area contributed by atoms with Crippen LogP contribution in [0.25, 0.3) is 0 Å². The standard InChI is InChI=1S/C12H26BrNO4/c1-14(2)4-6-16-8-10-18-12-11-17-9-7-15-5-3-13/h3-12H2,1-2H3. The van der Waals surface area contributed by atoms with E-state index in [0.29, 0.717) is 39.6 Å². The fourth-order valence-corrected chi connectivity index (χ4v) is 1.29. The van der Waals surface area contributed by atoms with Crippen LogP contribution in [-0.2, 0) is 18.9 Å². The van der Waals surface area contributed by atoms with Crippen LogP contribution in [0.3, 0.4) is 0 Å². The van der Waals surface area contributed by atoms with Crippen molar-refractivity contribution < 1.29 is 18.9 Å². The highest BCUT2D eigenvalue weighted by atomic mass is 79.9. The Labute approximate surface area is 119 Å². The Morgan fingerprint density at radius 2 is 1.06 bits per heavy atom. The molecule has 0 aliphatic heterocycles. The van der Waals surface area contributed by atoms with Crippen molar-refractivity contribution >= 4 is 15.9 Å². The number of likely N-dealkylation sites (N-methyl/N-ethyl adjacent to an activating group) is 1. The zero-order valence-corrected chi connectivity index (χ0v) is 13.1. The third-order valence-corrected chi connectivity index (χ3v) is 2.34. The molecule has 0 rings (SSSR count). The van der Waals surface area contributed by atoms with E-state index in [0.717, 1.165) is 25.1 Å². The molecule has 0 aliphatic carbocycles. The minimum Gasteiger partial charge on any atom is -0.378 e. The summed E-state index contributed by atoms with van der Waals surface area (Å²) in [4.78, 5) is 2.09. The summed E-state index contributed by atoms with van der Waals surface area (Å²) in [6.45, 7) is 6.15. The average molecular weight is 328 g/mol. The van der Waals surface area contributed by atoms with Gasteiger partial charge in [-0.1, -0.05) is 15.9 Å². The number of rotatable bonds is 14. The maximum absolute atomic E-state index is 5.38. The molecule has 18 heavy (non-hydrogen) atoms. The van der Waals surface area contributed by atoms with Gasteiger partial charge >= 0.3 is 0 Å². The summed E-state index contributed by atoms with van der Waals surface area (Å²) in [6, 6.07) is 0. The lowest BCUT2D eigenvalue weighted by Crippen LogP contribution is -2.19. The van der Waals surface area contributed by atoms with Crippen LogP contribution in [0.2, 0.25) is 0 Å². The van der Waals surface area contributed by atoms with Gasteiger partial charge in [-0.2, -0.15) is 0 Å². The van der Waals surface area contributed by atoms with E-state index in [1.54, 1.807) is 0 Å². The minimum absolute atomic E-state index is 0.607. The number of ether oxygens (including phenoxy) is 4. The second kappa shape index (κ2) is 15.3. The van der Waals surface area contributed by atoms with Crippen LogP contribution in [-0.4, -0.2) is 83.7 Å². The molecule has 0 aromatic rings. The lowest BCUT2D eigenvalue weighted by atomic mass is 10.6. The molecule has 0 aromatic carbocycles. The van der Waals surface area contributed by atoms with Crippen LogP contribution in [0.4, 0.5) is 0 Å². The van der Waals surface area contributed by atoms with Crippen LogP contribution in [0.1, 0.15) is 0 Å². The number of alkyl halides is 1. The maximum atomic E-state index is 5.38. The van der Waals surface area contributed by atoms with Crippen LogP contribution in [0, 0.1) is 0 Å². The Hall–Kier alpha value is 0.280. The predicted molar refractivity (Wildman–Crippen MR) is 75.6 cm³/mol. The van der Waals surface area contributed by atoms with Crippen LogP contribution < -0.4 is 0 Å². The van der Waals surface area contributed by atoms with E-state index in [1.807, 2.05) is 14.1 Å². The Kier molecular flexibility index (Phi) is 15.6. The molecular weight excluding hydrogens is 302 g/mol. The molecule has 6 heteroatoms. The highest BCUT2D eigenvalue weighted by molar-refractivity contribution is 9.09. The van der Waals surface area contributed by atoms with E-state index >= 15 is 0 Å². The summed E-state index contributed by atoms with van der Waals surface area (Å²) in [5, 5.41) is 0.865. The van der Waals surface area contributed by atoms with E-state index in [2.05, 4.69) is 20.8 Å². The molecule has 0 saturated heterocycles. The smallest absolute Gasteiger partial charge is 0.0701 e. The lowest BCUT2D eigenvalue weighted by molar-refractivity contribution is -0.00138. The quantitative estimate of drug-likeness (QED) is 0.352. The Bertz CT molecular complexity index is 161. The molecule has 0 amide bonds. The van der Waals surface area contributed by atoms with E-state index in [4.69, 9.17) is 18.9 Å². The van der Waals surface area contributed by atoms with E-state index in [9.17, 15) is 0 Å². The fraction of sp³-hybridized carbons (Fsp3) is 1.00. The van der Waals surface area contributed by atoms with Crippen molar-refractivity contribution in [2.24, 2.45) is 0 Å². The fourth-order valence-electron chi connectivity index (χ4n) is 1.06. The maximum Gasteiger partial charge on any atom is 0.0701 e. The van der Waals surface area contributed by atoms with Crippen molar-refractivity contribution in [3.05, 3.63) is 0 Å². The molecule has 0 spiro atoms. The molecule has 0 bridgehead atoms. The Balaban J connectivity index is 2.90. The number of nitrogens with zero attached hydrogens (tertiary/aromatic N) is 1. The van der Waals surface area contributed by atoms with E-state index in [1.165, 1.54) is 0 Å². The van der Waals surface area contributed by atoms with Gasteiger partial charge in [0, 0.05) is 11.9 Å². The van der Waals surface area contributed by atoms with Gasteiger partial charge in [-0.05, 0) is 14.1 Å². The Morgan fingerprint density at radius 3 is 1.44 bits per heavy atom. The number of hydrogen-bond acceptors (Lipinski definition) is 5. The molecule has 0 unspecified atom stereocenters. The average Bonchev–Trinajstić information content (AvgIpc) is 2.34. The second-order valence-electron chi connectivity index (χ2n) is 3.94. The van der Waals surface area contributed by atoms with Crippen molar-refractivity contribution in [1.29, 1.82) is 0 Å². The largest absolute Gasteiger partial charge is 0.378 e. The van der Waals surface area contributed by atoms with Gasteiger partial charge in [-0.25, -0.2) is 0 Å². The molecule has 0 fully saturated rings. The van der Waals surface area contributed by atoms with Crippen LogP contribution >= 0.6 is 15.9 Å². The Morgan fingerprint density at radius 1 is 0.667 bits per heavy atom. The summed E-state index contributed by atoms with van der Waals surface area (Å²) < 4.78 is 21.3. The van der Waals surface area contributed by atoms with Crippen LogP contribution in [0.5, 0.6) is 0 Å². The van der Waals surface area contributed by atoms with Crippen LogP contribution in [0.15, 0.2) is 0 Å². The molecular formula is C12H26BrNO4. The molecule has 0 atom stereocenters. The van der Waals surface area contributed by atoms with E-state index in [-0.39, 0.29) is 0 Å². The summed E-state index contributed by atoms with van der Waals surface area (Å²) >= 11 is 3.29. The van der Waals surface area contributed by atoms with Gasteiger partial charge in [-0.3, -0.25) is 0 Å². The molecule has 0 aromatic heterocycles. The molecule has 110 valence electrons. The normalized spacial score (nSPS) is 11.3. The number of halogens is 1. The van der Waals surface area contributed by atoms with Gasteiger partial charge in [0.1, 0.15) is 0 Å².